The van der Waals surface area contributed by atoms with Crippen molar-refractivity contribution in [3.05, 3.63) is 0 Å². The van der Waals surface area contributed by atoms with Crippen LogP contribution in [-0.2, 0) is 4.74 Å². The summed E-state index contributed by atoms with van der Waals surface area (Å²) in [5, 5.41) is 14.2. The maximum absolute atomic E-state index is 10.4. The first kappa shape index (κ1) is 11.6. The van der Waals surface area contributed by atoms with E-state index in [0.29, 0.717) is 18.6 Å². The fraction of sp³-hybridized carbons (Fsp3) is 0.900. The molecule has 0 bridgehead atoms. The molecule has 0 radical (unpaired) electrons. The Bertz CT molecular complexity index is 245. The van der Waals surface area contributed by atoms with Crippen LogP contribution in [0.15, 0.2) is 0 Å². The third-order valence-electron chi connectivity index (χ3n) is 3.26. The van der Waals surface area contributed by atoms with Crippen LogP contribution >= 0.6 is 0 Å². The van der Waals surface area contributed by atoms with E-state index < -0.39 is 6.09 Å². The summed E-state index contributed by atoms with van der Waals surface area (Å²) in [6.07, 6.45) is -0.128. The van der Waals surface area contributed by atoms with Gasteiger partial charge >= 0.3 is 6.09 Å². The number of morpholine rings is 1. The number of rotatable bonds is 4. The number of nitrogens with one attached hydrogen (secondary N) is 2. The summed E-state index contributed by atoms with van der Waals surface area (Å²) in [6, 6.07) is 0.964. The molecule has 2 saturated heterocycles. The SMILES string of the molecule is O=C(O)NCC[C@@H]1COCCN1C1CNC1. The number of amides is 1. The van der Waals surface area contributed by atoms with E-state index in [9.17, 15) is 4.79 Å². The van der Waals surface area contributed by atoms with Gasteiger partial charge in [0.2, 0.25) is 0 Å². The van der Waals surface area contributed by atoms with Crippen LogP contribution < -0.4 is 10.6 Å². The molecule has 6 nitrogen and oxygen atoms in total. The van der Waals surface area contributed by atoms with Crippen LogP contribution in [0.5, 0.6) is 0 Å². The van der Waals surface area contributed by atoms with Crippen molar-refractivity contribution < 1.29 is 14.6 Å². The maximum atomic E-state index is 10.4. The lowest BCUT2D eigenvalue weighted by molar-refractivity contribution is -0.0414. The van der Waals surface area contributed by atoms with E-state index in [0.717, 1.165) is 39.3 Å². The molecule has 2 aliphatic rings. The van der Waals surface area contributed by atoms with Gasteiger partial charge in [-0.15, -0.1) is 0 Å². The van der Waals surface area contributed by atoms with E-state index in [-0.39, 0.29) is 0 Å². The second kappa shape index (κ2) is 5.47. The number of carbonyl (C=O) groups is 1. The lowest BCUT2D eigenvalue weighted by Gasteiger charge is -2.45. The van der Waals surface area contributed by atoms with Gasteiger partial charge in [0, 0.05) is 38.3 Å². The van der Waals surface area contributed by atoms with Crippen molar-refractivity contribution in [1.82, 2.24) is 15.5 Å². The van der Waals surface area contributed by atoms with E-state index >= 15 is 0 Å². The molecule has 3 N–H and O–H groups in total. The van der Waals surface area contributed by atoms with Gasteiger partial charge in [-0.2, -0.15) is 0 Å². The Morgan fingerprint density at radius 2 is 2.38 bits per heavy atom. The minimum absolute atomic E-state index is 0.354. The van der Waals surface area contributed by atoms with Crippen molar-refractivity contribution in [2.75, 3.05) is 39.4 Å². The van der Waals surface area contributed by atoms with Crippen LogP contribution in [0.25, 0.3) is 0 Å². The smallest absolute Gasteiger partial charge is 0.404 e. The van der Waals surface area contributed by atoms with Crippen LogP contribution in [0.1, 0.15) is 6.42 Å². The van der Waals surface area contributed by atoms with Crippen LogP contribution in [-0.4, -0.2) is 67.6 Å². The molecule has 0 aromatic heterocycles. The molecule has 0 aliphatic carbocycles. The highest BCUT2D eigenvalue weighted by molar-refractivity contribution is 5.64. The number of carboxylic acid groups (broad SMARTS) is 1. The largest absolute Gasteiger partial charge is 0.465 e. The molecule has 6 heteroatoms. The normalized spacial score (nSPS) is 27.4. The van der Waals surface area contributed by atoms with Crippen molar-refractivity contribution in [1.29, 1.82) is 0 Å². The third kappa shape index (κ3) is 2.84. The average Bonchev–Trinajstić information content (AvgIpc) is 2.17. The first-order valence-electron chi connectivity index (χ1n) is 5.78. The molecule has 0 unspecified atom stereocenters. The Kier molecular flexibility index (Phi) is 3.98. The van der Waals surface area contributed by atoms with Crippen molar-refractivity contribution >= 4 is 6.09 Å². The Morgan fingerprint density at radius 1 is 1.56 bits per heavy atom. The highest BCUT2D eigenvalue weighted by atomic mass is 16.5. The Balaban J connectivity index is 1.77. The van der Waals surface area contributed by atoms with Crippen molar-refractivity contribution in [3.63, 3.8) is 0 Å². The quantitative estimate of drug-likeness (QED) is 0.595. The van der Waals surface area contributed by atoms with Crippen LogP contribution in [0.4, 0.5) is 4.79 Å². The van der Waals surface area contributed by atoms with E-state index in [1.54, 1.807) is 0 Å². The third-order valence-corrected chi connectivity index (χ3v) is 3.26. The summed E-state index contributed by atoms with van der Waals surface area (Å²) in [5.74, 6) is 0. The molecular formula is C10H19N3O3. The Labute approximate surface area is 94.9 Å². The minimum Gasteiger partial charge on any atom is -0.465 e. The topological polar surface area (TPSA) is 73.8 Å². The fourth-order valence-corrected chi connectivity index (χ4v) is 2.25. The van der Waals surface area contributed by atoms with Gasteiger partial charge in [0.15, 0.2) is 0 Å². The highest BCUT2D eigenvalue weighted by Crippen LogP contribution is 2.16. The second-order valence-electron chi connectivity index (χ2n) is 4.30. The van der Waals surface area contributed by atoms with Crippen LogP contribution in [0.2, 0.25) is 0 Å². The zero-order valence-corrected chi connectivity index (χ0v) is 9.32. The molecular weight excluding hydrogens is 210 g/mol. The number of hydrogen-bond donors (Lipinski definition) is 3. The summed E-state index contributed by atoms with van der Waals surface area (Å²) < 4.78 is 5.45. The van der Waals surface area contributed by atoms with Gasteiger partial charge in [0.25, 0.3) is 0 Å². The van der Waals surface area contributed by atoms with Crippen molar-refractivity contribution in [2.24, 2.45) is 0 Å². The molecule has 1 amide bonds. The standard InChI is InChI=1S/C10H19N3O3/c14-10(15)12-2-1-8-7-16-4-3-13(8)9-5-11-6-9/h8-9,11-12H,1-7H2,(H,14,15)/t8-/m1/s1. The Hall–Kier alpha value is -0.850. The second-order valence-corrected chi connectivity index (χ2v) is 4.30. The van der Waals surface area contributed by atoms with Gasteiger partial charge in [-0.05, 0) is 6.42 Å². The Morgan fingerprint density at radius 3 is 3.00 bits per heavy atom. The number of nitrogens with zero attached hydrogens (tertiary/aromatic N) is 1. The lowest BCUT2D eigenvalue weighted by Crippen LogP contribution is -2.63. The van der Waals surface area contributed by atoms with Gasteiger partial charge < -0.3 is 20.5 Å². The summed E-state index contributed by atoms with van der Waals surface area (Å²) in [6.45, 7) is 5.06. The first-order valence-corrected chi connectivity index (χ1v) is 5.78. The van der Waals surface area contributed by atoms with Gasteiger partial charge in [-0.25, -0.2) is 4.79 Å². The predicted octanol–water partition coefficient (Wildman–Crippen LogP) is -0.683. The maximum Gasteiger partial charge on any atom is 0.404 e. The lowest BCUT2D eigenvalue weighted by atomic mass is 10.0. The molecule has 2 rings (SSSR count). The van der Waals surface area contributed by atoms with E-state index in [2.05, 4.69) is 15.5 Å². The summed E-state index contributed by atoms with van der Waals surface area (Å²) in [7, 11) is 0. The van der Waals surface area contributed by atoms with E-state index in [1.165, 1.54) is 0 Å². The molecule has 2 aliphatic heterocycles. The zero-order chi connectivity index (χ0) is 11.4. The molecule has 1 atom stereocenters. The molecule has 0 aromatic rings. The molecule has 92 valence electrons. The van der Waals surface area contributed by atoms with Crippen LogP contribution in [0.3, 0.4) is 0 Å². The van der Waals surface area contributed by atoms with E-state index in [1.807, 2.05) is 0 Å². The fourth-order valence-electron chi connectivity index (χ4n) is 2.25. The molecule has 0 spiro atoms. The predicted molar refractivity (Wildman–Crippen MR) is 58.6 cm³/mol. The first-order chi connectivity index (χ1) is 7.77. The van der Waals surface area contributed by atoms with Crippen molar-refractivity contribution in [3.8, 4) is 0 Å². The minimum atomic E-state index is -0.950. The molecule has 0 saturated carbocycles. The monoisotopic (exact) mass is 229 g/mol. The zero-order valence-electron chi connectivity index (χ0n) is 9.32. The molecule has 2 heterocycles. The summed E-state index contributed by atoms with van der Waals surface area (Å²) in [4.78, 5) is 12.8. The molecule has 2 fully saturated rings. The summed E-state index contributed by atoms with van der Waals surface area (Å²) >= 11 is 0. The van der Waals surface area contributed by atoms with E-state index in [4.69, 9.17) is 9.84 Å². The molecule has 0 aromatic carbocycles. The highest BCUT2D eigenvalue weighted by Gasteiger charge is 2.32. The van der Waals surface area contributed by atoms with Crippen molar-refractivity contribution in [2.45, 2.75) is 18.5 Å². The molecule has 16 heavy (non-hydrogen) atoms. The number of hydrogen-bond acceptors (Lipinski definition) is 4. The van der Waals surface area contributed by atoms with Gasteiger partial charge in [0.1, 0.15) is 0 Å². The van der Waals surface area contributed by atoms with Gasteiger partial charge in [-0.1, -0.05) is 0 Å². The van der Waals surface area contributed by atoms with Gasteiger partial charge in [0.05, 0.1) is 13.2 Å². The van der Waals surface area contributed by atoms with Crippen LogP contribution in [0, 0.1) is 0 Å². The number of ether oxygens (including phenoxy) is 1. The van der Waals surface area contributed by atoms with Gasteiger partial charge in [-0.3, -0.25) is 4.90 Å². The summed E-state index contributed by atoms with van der Waals surface area (Å²) in [5.41, 5.74) is 0. The average molecular weight is 229 g/mol.